The van der Waals surface area contributed by atoms with Gasteiger partial charge in [0.1, 0.15) is 0 Å². The maximum Gasteiger partial charge on any atom is 0.416 e. The van der Waals surface area contributed by atoms with Crippen LogP contribution in [0.4, 0.5) is 18.9 Å². The quantitative estimate of drug-likeness (QED) is 0.251. The SMILES string of the molecule is Cc1cc([C@H]2[C@@H](c3ccccn3)NC(=S)N2CCC(=O)Nc2ccccc2)c(C)n1-c1cccc(C(F)(F)F)c1. The highest BCUT2D eigenvalue weighted by atomic mass is 32.1. The molecule has 0 spiro atoms. The first kappa shape index (κ1) is 27.4. The standard InChI is InChI=1S/C30H28F3N5OS/c1-19-17-24(20(2)38(19)23-12-8-9-21(18-23)30(31,32)33)28-27(25-13-6-7-15-34-25)36-29(40)37(28)16-14-26(39)35-22-10-4-3-5-11-22/h3-13,15,17-18,27-28H,14,16H2,1-2H3,(H,35,39)(H,36,40)/t27-,28+/m1/s1. The van der Waals surface area contributed by atoms with E-state index >= 15 is 0 Å². The largest absolute Gasteiger partial charge is 0.416 e. The van der Waals surface area contributed by atoms with E-state index < -0.39 is 11.7 Å². The van der Waals surface area contributed by atoms with Gasteiger partial charge in [-0.15, -0.1) is 0 Å². The van der Waals surface area contributed by atoms with Gasteiger partial charge >= 0.3 is 6.18 Å². The van der Waals surface area contributed by atoms with E-state index in [4.69, 9.17) is 12.2 Å². The van der Waals surface area contributed by atoms with Crippen LogP contribution in [0.5, 0.6) is 0 Å². The maximum atomic E-state index is 13.5. The van der Waals surface area contributed by atoms with Crippen molar-refractivity contribution in [3.63, 3.8) is 0 Å². The third-order valence-corrected chi connectivity index (χ3v) is 7.41. The Morgan fingerprint density at radius 3 is 2.48 bits per heavy atom. The van der Waals surface area contributed by atoms with Crippen LogP contribution >= 0.6 is 12.2 Å². The molecule has 10 heteroatoms. The van der Waals surface area contributed by atoms with E-state index in [0.29, 0.717) is 23.0 Å². The van der Waals surface area contributed by atoms with Crippen molar-refractivity contribution < 1.29 is 18.0 Å². The highest BCUT2D eigenvalue weighted by Gasteiger charge is 2.41. The number of hydrogen-bond acceptors (Lipinski definition) is 3. The number of aryl methyl sites for hydroxylation is 1. The second-order valence-corrected chi connectivity index (χ2v) is 10.1. The number of aromatic nitrogens is 2. The number of para-hydroxylation sites is 1. The lowest BCUT2D eigenvalue weighted by molar-refractivity contribution is -0.137. The van der Waals surface area contributed by atoms with Crippen LogP contribution in [0.15, 0.2) is 85.1 Å². The second-order valence-electron chi connectivity index (χ2n) is 9.69. The summed E-state index contributed by atoms with van der Waals surface area (Å²) in [6.45, 7) is 4.09. The van der Waals surface area contributed by atoms with Gasteiger partial charge < -0.3 is 20.1 Å². The molecule has 6 nitrogen and oxygen atoms in total. The zero-order valence-electron chi connectivity index (χ0n) is 21.9. The number of alkyl halides is 3. The van der Waals surface area contributed by atoms with Gasteiger partial charge in [0.05, 0.1) is 23.3 Å². The van der Waals surface area contributed by atoms with Crippen LogP contribution in [0.25, 0.3) is 5.69 Å². The average Bonchev–Trinajstić information content (AvgIpc) is 3.42. The summed E-state index contributed by atoms with van der Waals surface area (Å²) in [5, 5.41) is 6.76. The molecule has 206 valence electrons. The lowest BCUT2D eigenvalue weighted by atomic mass is 9.96. The molecular weight excluding hydrogens is 535 g/mol. The van der Waals surface area contributed by atoms with Crippen molar-refractivity contribution in [1.82, 2.24) is 19.8 Å². The Morgan fingerprint density at radius 2 is 1.77 bits per heavy atom. The molecule has 1 fully saturated rings. The van der Waals surface area contributed by atoms with Gasteiger partial charge in [-0.3, -0.25) is 9.78 Å². The Kier molecular flexibility index (Phi) is 7.62. The molecule has 40 heavy (non-hydrogen) atoms. The molecule has 2 aromatic heterocycles. The molecule has 0 saturated carbocycles. The van der Waals surface area contributed by atoms with Crippen LogP contribution in [0.3, 0.4) is 0 Å². The number of pyridine rings is 1. The maximum absolute atomic E-state index is 13.5. The van der Waals surface area contributed by atoms with E-state index in [1.54, 1.807) is 12.3 Å². The number of carbonyl (C=O) groups excluding carboxylic acids is 1. The zero-order valence-corrected chi connectivity index (χ0v) is 22.8. The minimum atomic E-state index is -4.45. The van der Waals surface area contributed by atoms with Crippen LogP contribution in [-0.2, 0) is 11.0 Å². The number of nitrogens with one attached hydrogen (secondary N) is 2. The highest BCUT2D eigenvalue weighted by molar-refractivity contribution is 7.80. The first-order valence-corrected chi connectivity index (χ1v) is 13.2. The summed E-state index contributed by atoms with van der Waals surface area (Å²) in [6.07, 6.45) is -2.55. The van der Waals surface area contributed by atoms with Gasteiger partial charge in [-0.25, -0.2) is 0 Å². The van der Waals surface area contributed by atoms with Crippen LogP contribution in [0.2, 0.25) is 0 Å². The highest BCUT2D eigenvalue weighted by Crippen LogP contribution is 2.42. The minimum absolute atomic E-state index is 0.150. The van der Waals surface area contributed by atoms with Crippen molar-refractivity contribution in [1.29, 1.82) is 0 Å². The first-order chi connectivity index (χ1) is 19.1. The zero-order chi connectivity index (χ0) is 28.4. The molecule has 1 aliphatic heterocycles. The number of amides is 1. The second kappa shape index (κ2) is 11.1. The molecule has 0 radical (unpaired) electrons. The normalized spacial score (nSPS) is 17.1. The summed E-state index contributed by atoms with van der Waals surface area (Å²) < 4.78 is 42.3. The summed E-state index contributed by atoms with van der Waals surface area (Å²) >= 11 is 5.73. The number of benzene rings is 2. The first-order valence-electron chi connectivity index (χ1n) is 12.8. The molecular formula is C30H28F3N5OS. The van der Waals surface area contributed by atoms with Crippen LogP contribution in [0, 0.1) is 13.8 Å². The van der Waals surface area contributed by atoms with Gasteiger partial charge in [0.2, 0.25) is 5.91 Å². The van der Waals surface area contributed by atoms with E-state index in [2.05, 4.69) is 15.6 Å². The van der Waals surface area contributed by atoms with Gasteiger partial charge in [0.15, 0.2) is 5.11 Å². The number of rotatable bonds is 7. The minimum Gasteiger partial charge on any atom is -0.352 e. The number of anilines is 1. The molecule has 3 heterocycles. The number of hydrogen-bond donors (Lipinski definition) is 2. The lowest BCUT2D eigenvalue weighted by Gasteiger charge is -2.28. The van der Waals surface area contributed by atoms with Crippen molar-refractivity contribution >= 4 is 28.9 Å². The van der Waals surface area contributed by atoms with E-state index in [1.165, 1.54) is 6.07 Å². The Bertz CT molecular complexity index is 1520. The molecule has 1 aliphatic rings. The summed E-state index contributed by atoms with van der Waals surface area (Å²) in [5.74, 6) is -0.150. The Morgan fingerprint density at radius 1 is 1.02 bits per heavy atom. The van der Waals surface area contributed by atoms with Gasteiger partial charge in [-0.2, -0.15) is 13.2 Å². The van der Waals surface area contributed by atoms with Crippen molar-refractivity contribution in [3.8, 4) is 5.69 Å². The van der Waals surface area contributed by atoms with Crippen LogP contribution < -0.4 is 10.6 Å². The molecule has 0 aliphatic carbocycles. The summed E-state index contributed by atoms with van der Waals surface area (Å²) in [5.41, 5.74) is 3.66. The molecule has 0 unspecified atom stereocenters. The fourth-order valence-corrected chi connectivity index (χ4v) is 5.59. The Labute approximate surface area is 235 Å². The molecule has 5 rings (SSSR count). The van der Waals surface area contributed by atoms with E-state index in [9.17, 15) is 18.0 Å². The molecule has 0 bridgehead atoms. The molecule has 4 aromatic rings. The fraction of sp³-hybridized carbons (Fsp3) is 0.233. The van der Waals surface area contributed by atoms with Gasteiger partial charge in [-0.05, 0) is 80.2 Å². The predicted octanol–water partition coefficient (Wildman–Crippen LogP) is 6.51. The third kappa shape index (κ3) is 5.58. The van der Waals surface area contributed by atoms with Crippen molar-refractivity contribution in [2.45, 2.75) is 38.5 Å². The summed E-state index contributed by atoms with van der Waals surface area (Å²) in [7, 11) is 0. The Balaban J connectivity index is 1.50. The van der Waals surface area contributed by atoms with Crippen molar-refractivity contribution in [2.75, 3.05) is 11.9 Å². The average molecular weight is 564 g/mol. The van der Waals surface area contributed by atoms with Crippen LogP contribution in [-0.4, -0.2) is 32.0 Å². The van der Waals surface area contributed by atoms with Gasteiger partial charge in [0.25, 0.3) is 0 Å². The van der Waals surface area contributed by atoms with Crippen molar-refractivity contribution in [2.24, 2.45) is 0 Å². The van der Waals surface area contributed by atoms with Crippen molar-refractivity contribution in [3.05, 3.63) is 113 Å². The molecule has 2 N–H and O–H groups in total. The van der Waals surface area contributed by atoms with E-state index in [1.807, 2.05) is 77.9 Å². The molecule has 2 atom stereocenters. The lowest BCUT2D eigenvalue weighted by Crippen LogP contribution is -2.32. The number of nitrogens with zero attached hydrogens (tertiary/aromatic N) is 3. The third-order valence-electron chi connectivity index (χ3n) is 7.06. The monoisotopic (exact) mass is 563 g/mol. The molecule has 1 amide bonds. The van der Waals surface area contributed by atoms with Gasteiger partial charge in [0, 0.05) is 41.9 Å². The van der Waals surface area contributed by atoms with E-state index in [-0.39, 0.29) is 24.4 Å². The Hall–Kier alpha value is -4.18. The molecule has 1 saturated heterocycles. The van der Waals surface area contributed by atoms with Crippen LogP contribution in [0.1, 0.15) is 46.7 Å². The topological polar surface area (TPSA) is 62.2 Å². The summed E-state index contributed by atoms with van der Waals surface area (Å²) in [4.78, 5) is 19.3. The summed E-state index contributed by atoms with van der Waals surface area (Å²) in [6, 6.07) is 21.5. The number of carbonyl (C=O) groups is 1. The smallest absolute Gasteiger partial charge is 0.352 e. The predicted molar refractivity (Wildman–Crippen MR) is 152 cm³/mol. The molecule has 2 aromatic carbocycles. The number of thiocarbonyl (C=S) groups is 1. The fourth-order valence-electron chi connectivity index (χ4n) is 5.26. The van der Waals surface area contributed by atoms with E-state index in [0.717, 1.165) is 34.8 Å². The number of halogens is 3. The van der Waals surface area contributed by atoms with Gasteiger partial charge in [-0.1, -0.05) is 30.3 Å².